The van der Waals surface area contributed by atoms with Crippen molar-refractivity contribution in [3.05, 3.63) is 22.8 Å². The van der Waals surface area contributed by atoms with E-state index in [2.05, 4.69) is 15.0 Å². The molecule has 1 unspecified atom stereocenters. The molecule has 1 fully saturated rings. The summed E-state index contributed by atoms with van der Waals surface area (Å²) in [7, 11) is 0. The SMILES string of the molecule is [N-]=[N+]=NCC1CC(=O)N(c2cncc(N)c2N)C1. The molecule has 1 saturated heterocycles. The first kappa shape index (κ1) is 12.0. The monoisotopic (exact) mass is 247 g/mol. The van der Waals surface area contributed by atoms with E-state index in [1.54, 1.807) is 0 Å². The van der Waals surface area contributed by atoms with Crippen LogP contribution in [0.1, 0.15) is 6.42 Å². The molecule has 0 aliphatic carbocycles. The van der Waals surface area contributed by atoms with Crippen LogP contribution in [-0.4, -0.2) is 24.0 Å². The summed E-state index contributed by atoms with van der Waals surface area (Å²) in [4.78, 5) is 20.0. The molecule has 1 atom stereocenters. The lowest BCUT2D eigenvalue weighted by Crippen LogP contribution is -2.26. The van der Waals surface area contributed by atoms with Crippen molar-refractivity contribution in [3.63, 3.8) is 0 Å². The number of anilines is 3. The minimum atomic E-state index is -0.0627. The molecule has 1 aliphatic rings. The molecule has 18 heavy (non-hydrogen) atoms. The highest BCUT2D eigenvalue weighted by Gasteiger charge is 2.31. The van der Waals surface area contributed by atoms with Gasteiger partial charge >= 0.3 is 0 Å². The van der Waals surface area contributed by atoms with Crippen LogP contribution in [0.2, 0.25) is 0 Å². The number of carbonyl (C=O) groups is 1. The fourth-order valence-electron chi connectivity index (χ4n) is 1.98. The van der Waals surface area contributed by atoms with Gasteiger partial charge in [0.25, 0.3) is 0 Å². The highest BCUT2D eigenvalue weighted by atomic mass is 16.2. The molecule has 2 heterocycles. The maximum atomic E-state index is 11.9. The zero-order valence-electron chi connectivity index (χ0n) is 9.65. The van der Waals surface area contributed by atoms with Gasteiger partial charge in [0.2, 0.25) is 5.91 Å². The fraction of sp³-hybridized carbons (Fsp3) is 0.400. The van der Waals surface area contributed by atoms with Crippen molar-refractivity contribution in [2.24, 2.45) is 11.0 Å². The number of pyridine rings is 1. The highest BCUT2D eigenvalue weighted by Crippen LogP contribution is 2.32. The number of aromatic nitrogens is 1. The Morgan fingerprint density at radius 3 is 3.06 bits per heavy atom. The molecule has 1 amide bonds. The molecule has 0 saturated carbocycles. The van der Waals surface area contributed by atoms with Gasteiger partial charge in [-0.3, -0.25) is 9.78 Å². The zero-order chi connectivity index (χ0) is 13.1. The van der Waals surface area contributed by atoms with Crippen molar-refractivity contribution >= 4 is 23.0 Å². The van der Waals surface area contributed by atoms with E-state index in [1.165, 1.54) is 17.3 Å². The van der Waals surface area contributed by atoms with Crippen LogP contribution in [0.5, 0.6) is 0 Å². The zero-order valence-corrected chi connectivity index (χ0v) is 9.65. The molecule has 94 valence electrons. The van der Waals surface area contributed by atoms with Crippen LogP contribution in [0.3, 0.4) is 0 Å². The van der Waals surface area contributed by atoms with E-state index in [4.69, 9.17) is 17.0 Å². The first-order valence-corrected chi connectivity index (χ1v) is 5.43. The fourth-order valence-corrected chi connectivity index (χ4v) is 1.98. The number of carbonyl (C=O) groups excluding carboxylic acids is 1. The molecule has 2 rings (SSSR count). The Morgan fingerprint density at radius 2 is 2.33 bits per heavy atom. The Morgan fingerprint density at radius 1 is 1.56 bits per heavy atom. The molecular weight excluding hydrogens is 234 g/mol. The predicted octanol–water partition coefficient (Wildman–Crippen LogP) is 0.909. The second-order valence-corrected chi connectivity index (χ2v) is 4.15. The number of nitrogen functional groups attached to an aromatic ring is 2. The number of azide groups is 1. The molecule has 1 aromatic heterocycles. The third kappa shape index (κ3) is 2.14. The number of nitrogens with zero attached hydrogens (tertiary/aromatic N) is 5. The van der Waals surface area contributed by atoms with E-state index in [0.717, 1.165) is 0 Å². The Kier molecular flexibility index (Phi) is 3.20. The number of hydrogen-bond acceptors (Lipinski definition) is 5. The Balaban J connectivity index is 2.21. The van der Waals surface area contributed by atoms with Crippen molar-refractivity contribution in [2.75, 3.05) is 29.5 Å². The van der Waals surface area contributed by atoms with E-state index in [-0.39, 0.29) is 11.8 Å². The summed E-state index contributed by atoms with van der Waals surface area (Å²) in [5.74, 6) is -0.0542. The van der Waals surface area contributed by atoms with Crippen LogP contribution in [0, 0.1) is 5.92 Å². The number of amides is 1. The smallest absolute Gasteiger partial charge is 0.227 e. The van der Waals surface area contributed by atoms with Gasteiger partial charge in [0.05, 0.1) is 29.5 Å². The van der Waals surface area contributed by atoms with E-state index in [0.29, 0.717) is 36.6 Å². The summed E-state index contributed by atoms with van der Waals surface area (Å²) in [5.41, 5.74) is 21.0. The lowest BCUT2D eigenvalue weighted by atomic mass is 10.1. The van der Waals surface area contributed by atoms with Gasteiger partial charge in [0.1, 0.15) is 0 Å². The Hall–Kier alpha value is -2.47. The van der Waals surface area contributed by atoms with Crippen LogP contribution >= 0.6 is 0 Å². The molecular formula is C10H13N7O. The second kappa shape index (κ2) is 4.80. The van der Waals surface area contributed by atoms with Gasteiger partial charge in [0, 0.05) is 24.4 Å². The third-order valence-corrected chi connectivity index (χ3v) is 2.90. The molecule has 0 radical (unpaired) electrons. The van der Waals surface area contributed by atoms with Gasteiger partial charge in [-0.25, -0.2) is 0 Å². The van der Waals surface area contributed by atoms with Crippen LogP contribution in [0.25, 0.3) is 10.4 Å². The molecule has 4 N–H and O–H groups in total. The summed E-state index contributed by atoms with van der Waals surface area (Å²) in [6, 6.07) is 0. The number of rotatable bonds is 3. The average Bonchev–Trinajstić information content (AvgIpc) is 2.71. The summed E-state index contributed by atoms with van der Waals surface area (Å²) in [5, 5.41) is 3.49. The predicted molar refractivity (Wildman–Crippen MR) is 67.5 cm³/mol. The molecule has 8 nitrogen and oxygen atoms in total. The molecule has 0 aromatic carbocycles. The van der Waals surface area contributed by atoms with Crippen molar-refractivity contribution in [1.82, 2.24) is 4.98 Å². The quantitative estimate of drug-likeness (QED) is 0.466. The molecule has 1 aliphatic heterocycles. The minimum absolute atomic E-state index is 0.00855. The molecule has 0 spiro atoms. The van der Waals surface area contributed by atoms with Gasteiger partial charge in [-0.15, -0.1) is 0 Å². The van der Waals surface area contributed by atoms with Crippen LogP contribution < -0.4 is 16.4 Å². The summed E-state index contributed by atoms with van der Waals surface area (Å²) in [6.45, 7) is 0.765. The molecule has 8 heteroatoms. The lowest BCUT2D eigenvalue weighted by Gasteiger charge is -2.18. The largest absolute Gasteiger partial charge is 0.396 e. The topological polar surface area (TPSA) is 134 Å². The van der Waals surface area contributed by atoms with Crippen molar-refractivity contribution in [2.45, 2.75) is 6.42 Å². The molecule has 1 aromatic rings. The summed E-state index contributed by atoms with van der Waals surface area (Å²) < 4.78 is 0. The lowest BCUT2D eigenvalue weighted by molar-refractivity contribution is -0.117. The minimum Gasteiger partial charge on any atom is -0.396 e. The van der Waals surface area contributed by atoms with Gasteiger partial charge in [-0.1, -0.05) is 5.11 Å². The number of hydrogen-bond donors (Lipinski definition) is 2. The molecule has 0 bridgehead atoms. The third-order valence-electron chi connectivity index (χ3n) is 2.90. The second-order valence-electron chi connectivity index (χ2n) is 4.15. The Labute approximate surface area is 103 Å². The van der Waals surface area contributed by atoms with Crippen molar-refractivity contribution in [3.8, 4) is 0 Å². The maximum Gasteiger partial charge on any atom is 0.227 e. The van der Waals surface area contributed by atoms with E-state index in [1.807, 2.05) is 0 Å². The van der Waals surface area contributed by atoms with Gasteiger partial charge in [-0.05, 0) is 11.4 Å². The first-order valence-electron chi connectivity index (χ1n) is 5.43. The van der Waals surface area contributed by atoms with Crippen LogP contribution in [0.4, 0.5) is 17.1 Å². The van der Waals surface area contributed by atoms with E-state index >= 15 is 0 Å². The number of nitrogens with two attached hydrogens (primary N) is 2. The van der Waals surface area contributed by atoms with Gasteiger partial charge in [-0.2, -0.15) is 0 Å². The van der Waals surface area contributed by atoms with Crippen molar-refractivity contribution in [1.29, 1.82) is 0 Å². The van der Waals surface area contributed by atoms with Gasteiger partial charge < -0.3 is 16.4 Å². The van der Waals surface area contributed by atoms with Crippen LogP contribution in [-0.2, 0) is 4.79 Å². The summed E-state index contributed by atoms with van der Waals surface area (Å²) in [6.07, 6.45) is 3.30. The van der Waals surface area contributed by atoms with Crippen molar-refractivity contribution < 1.29 is 4.79 Å². The Bertz CT molecular complexity index is 523. The highest BCUT2D eigenvalue weighted by molar-refractivity contribution is 5.99. The maximum absolute atomic E-state index is 11.9. The van der Waals surface area contributed by atoms with Crippen LogP contribution in [0.15, 0.2) is 17.5 Å². The van der Waals surface area contributed by atoms with E-state index in [9.17, 15) is 4.79 Å². The van der Waals surface area contributed by atoms with Gasteiger partial charge in [0.15, 0.2) is 0 Å². The summed E-state index contributed by atoms with van der Waals surface area (Å²) >= 11 is 0. The first-order chi connectivity index (χ1) is 8.63. The average molecular weight is 247 g/mol. The van der Waals surface area contributed by atoms with E-state index < -0.39 is 0 Å². The normalized spacial score (nSPS) is 18.8. The standard InChI is InChI=1S/C10H13N7O/c11-7-3-14-4-8(10(7)12)17-5-6(1-9(17)18)2-15-16-13/h3-4,6H,1-2,5,11H2,(H2,12,14).